The lowest BCUT2D eigenvalue weighted by Crippen LogP contribution is -2.34. The number of ether oxygens (including phenoxy) is 1. The number of carbonyl (C=O) groups excluding carboxylic acids is 2. The number of nitrogens with two attached hydrogens (primary N) is 1. The van der Waals surface area contributed by atoms with Crippen molar-refractivity contribution in [3.8, 4) is 0 Å². The predicted octanol–water partition coefficient (Wildman–Crippen LogP) is 2.73. The van der Waals surface area contributed by atoms with Gasteiger partial charge in [-0.05, 0) is 37.3 Å². The molecule has 1 heterocycles. The Bertz CT molecular complexity index is 740. The molecule has 0 spiro atoms. The molecule has 0 radical (unpaired) electrons. The van der Waals surface area contributed by atoms with Crippen LogP contribution in [-0.2, 0) is 9.53 Å². The molecule has 0 atom stereocenters. The van der Waals surface area contributed by atoms with Gasteiger partial charge in [-0.2, -0.15) is 0 Å². The summed E-state index contributed by atoms with van der Waals surface area (Å²) in [6.07, 6.45) is 1.68. The van der Waals surface area contributed by atoms with Crippen molar-refractivity contribution >= 4 is 41.5 Å². The molecule has 0 aliphatic rings. The van der Waals surface area contributed by atoms with Crippen molar-refractivity contribution in [3.63, 3.8) is 0 Å². The predicted molar refractivity (Wildman–Crippen MR) is 105 cm³/mol. The third-order valence-corrected chi connectivity index (χ3v) is 3.58. The van der Waals surface area contributed by atoms with Crippen LogP contribution in [0.15, 0.2) is 42.6 Å². The number of esters is 1. The summed E-state index contributed by atoms with van der Waals surface area (Å²) in [6, 6.07) is 10.3. The number of hydrogen-bond acceptors (Lipinski definition) is 6. The molecule has 140 valence electrons. The Morgan fingerprint density at radius 2 is 2.04 bits per heavy atom. The quantitative estimate of drug-likeness (QED) is 0.568. The minimum Gasteiger partial charge on any atom is -0.466 e. The van der Waals surface area contributed by atoms with Crippen molar-refractivity contribution in [2.24, 2.45) is 0 Å². The van der Waals surface area contributed by atoms with Crippen LogP contribution < -0.4 is 16.0 Å². The molecule has 1 amide bonds. The first-order chi connectivity index (χ1) is 12.1. The van der Waals surface area contributed by atoms with Gasteiger partial charge in [-0.15, -0.1) is 12.4 Å². The maximum Gasteiger partial charge on any atom is 0.307 e. The van der Waals surface area contributed by atoms with Gasteiger partial charge in [0.15, 0.2) is 0 Å². The van der Waals surface area contributed by atoms with E-state index in [1.54, 1.807) is 56.6 Å². The highest BCUT2D eigenvalue weighted by Crippen LogP contribution is 2.22. The zero-order valence-corrected chi connectivity index (χ0v) is 15.6. The van der Waals surface area contributed by atoms with E-state index in [1.807, 2.05) is 0 Å². The molecule has 3 N–H and O–H groups in total. The zero-order chi connectivity index (χ0) is 18.2. The molecule has 1 aromatic heterocycles. The van der Waals surface area contributed by atoms with Gasteiger partial charge in [0, 0.05) is 25.4 Å². The van der Waals surface area contributed by atoms with E-state index in [-0.39, 0.29) is 37.2 Å². The Labute approximate surface area is 159 Å². The number of carbonyl (C=O) groups is 2. The SMILES string of the molecule is CCOC(=O)CCN(C(=O)c1ccc(NC)c(N)c1)c1ccccn1.Cl. The molecular formula is C18H23ClN4O3. The fourth-order valence-electron chi connectivity index (χ4n) is 2.35. The molecule has 2 rings (SSSR count). The fraction of sp³-hybridized carbons (Fsp3) is 0.278. The molecule has 7 nitrogen and oxygen atoms in total. The van der Waals surface area contributed by atoms with Gasteiger partial charge in [0.2, 0.25) is 0 Å². The summed E-state index contributed by atoms with van der Waals surface area (Å²) in [5.74, 6) is -0.174. The highest BCUT2D eigenvalue weighted by atomic mass is 35.5. The van der Waals surface area contributed by atoms with Crippen molar-refractivity contribution in [1.82, 2.24) is 4.98 Å². The van der Waals surface area contributed by atoms with Crippen molar-refractivity contribution in [2.75, 3.05) is 36.1 Å². The number of nitrogen functional groups attached to an aromatic ring is 1. The van der Waals surface area contributed by atoms with Gasteiger partial charge in [0.1, 0.15) is 5.82 Å². The van der Waals surface area contributed by atoms with Crippen LogP contribution in [0.5, 0.6) is 0 Å². The number of nitrogens with one attached hydrogen (secondary N) is 1. The lowest BCUT2D eigenvalue weighted by atomic mass is 10.1. The minimum atomic E-state index is -0.360. The largest absolute Gasteiger partial charge is 0.466 e. The lowest BCUT2D eigenvalue weighted by molar-refractivity contribution is -0.142. The first-order valence-electron chi connectivity index (χ1n) is 8.02. The number of benzene rings is 1. The Balaban J connectivity index is 0.00000338. The minimum absolute atomic E-state index is 0. The third-order valence-electron chi connectivity index (χ3n) is 3.58. The molecule has 0 bridgehead atoms. The Morgan fingerprint density at radius 1 is 1.27 bits per heavy atom. The van der Waals surface area contributed by atoms with Crippen LogP contribution in [0.25, 0.3) is 0 Å². The molecule has 0 saturated heterocycles. The molecule has 2 aromatic rings. The van der Waals surface area contributed by atoms with E-state index in [0.29, 0.717) is 23.7 Å². The first kappa shape index (κ1) is 21.2. The van der Waals surface area contributed by atoms with Crippen molar-refractivity contribution in [2.45, 2.75) is 13.3 Å². The standard InChI is InChI=1S/C18H22N4O3.ClH/c1-3-25-17(23)9-11-22(16-6-4-5-10-21-16)18(24)13-7-8-15(20-2)14(19)12-13;/h4-8,10,12,20H,3,9,11,19H2,1-2H3;1H. The number of anilines is 3. The number of rotatable bonds is 7. The smallest absolute Gasteiger partial charge is 0.307 e. The Hall–Kier alpha value is -2.80. The molecule has 0 fully saturated rings. The van der Waals surface area contributed by atoms with Crippen molar-refractivity contribution in [1.29, 1.82) is 0 Å². The summed E-state index contributed by atoms with van der Waals surface area (Å²) >= 11 is 0. The van der Waals surface area contributed by atoms with Crippen LogP contribution in [0.2, 0.25) is 0 Å². The van der Waals surface area contributed by atoms with E-state index in [1.165, 1.54) is 4.90 Å². The molecule has 0 aliphatic heterocycles. The molecule has 26 heavy (non-hydrogen) atoms. The second-order valence-electron chi connectivity index (χ2n) is 5.25. The highest BCUT2D eigenvalue weighted by Gasteiger charge is 2.20. The van der Waals surface area contributed by atoms with Crippen LogP contribution in [0.3, 0.4) is 0 Å². The normalized spacial score (nSPS) is 9.77. The summed E-state index contributed by atoms with van der Waals surface area (Å²) < 4.78 is 4.94. The topological polar surface area (TPSA) is 97.5 Å². The van der Waals surface area contributed by atoms with Gasteiger partial charge in [-0.1, -0.05) is 6.07 Å². The van der Waals surface area contributed by atoms with E-state index in [4.69, 9.17) is 10.5 Å². The number of hydrogen-bond donors (Lipinski definition) is 2. The number of pyridine rings is 1. The number of amides is 1. The van der Waals surface area contributed by atoms with Crippen LogP contribution >= 0.6 is 12.4 Å². The van der Waals surface area contributed by atoms with E-state index < -0.39 is 0 Å². The van der Waals surface area contributed by atoms with Gasteiger partial charge < -0.3 is 15.8 Å². The highest BCUT2D eigenvalue weighted by molar-refractivity contribution is 6.06. The molecule has 0 unspecified atom stereocenters. The summed E-state index contributed by atoms with van der Waals surface area (Å²) in [5, 5.41) is 2.95. The van der Waals surface area contributed by atoms with Gasteiger partial charge in [-0.3, -0.25) is 14.5 Å². The molecule has 1 aromatic carbocycles. The molecule has 0 aliphatic carbocycles. The zero-order valence-electron chi connectivity index (χ0n) is 14.8. The van der Waals surface area contributed by atoms with E-state index in [0.717, 1.165) is 5.69 Å². The number of nitrogens with zero attached hydrogens (tertiary/aromatic N) is 2. The summed E-state index contributed by atoms with van der Waals surface area (Å²) in [6.45, 7) is 2.21. The first-order valence-corrected chi connectivity index (χ1v) is 8.02. The van der Waals surface area contributed by atoms with Gasteiger partial charge in [-0.25, -0.2) is 4.98 Å². The van der Waals surface area contributed by atoms with E-state index in [2.05, 4.69) is 10.3 Å². The van der Waals surface area contributed by atoms with Crippen molar-refractivity contribution < 1.29 is 14.3 Å². The fourth-order valence-corrected chi connectivity index (χ4v) is 2.35. The maximum atomic E-state index is 12.9. The second kappa shape index (κ2) is 10.2. The summed E-state index contributed by atoms with van der Waals surface area (Å²) in [5.41, 5.74) is 7.58. The maximum absolute atomic E-state index is 12.9. The Kier molecular flexibility index (Phi) is 8.37. The van der Waals surface area contributed by atoms with Gasteiger partial charge in [0.25, 0.3) is 5.91 Å². The number of aromatic nitrogens is 1. The Morgan fingerprint density at radius 3 is 2.62 bits per heavy atom. The summed E-state index contributed by atoms with van der Waals surface area (Å²) in [4.78, 5) is 30.3. The number of halogens is 1. The average molecular weight is 379 g/mol. The molecule has 0 saturated carbocycles. The monoisotopic (exact) mass is 378 g/mol. The van der Waals surface area contributed by atoms with Crippen molar-refractivity contribution in [3.05, 3.63) is 48.2 Å². The molecular weight excluding hydrogens is 356 g/mol. The van der Waals surface area contributed by atoms with Crippen LogP contribution in [0.1, 0.15) is 23.7 Å². The third kappa shape index (κ3) is 5.35. The summed E-state index contributed by atoms with van der Waals surface area (Å²) in [7, 11) is 1.76. The molecule has 8 heteroatoms. The van der Waals surface area contributed by atoms with Gasteiger partial charge in [0.05, 0.1) is 24.4 Å². The lowest BCUT2D eigenvalue weighted by Gasteiger charge is -2.22. The average Bonchev–Trinajstić information content (AvgIpc) is 2.62. The van der Waals surface area contributed by atoms with E-state index >= 15 is 0 Å². The van der Waals surface area contributed by atoms with Crippen LogP contribution in [-0.4, -0.2) is 37.1 Å². The van der Waals surface area contributed by atoms with Crippen LogP contribution in [0, 0.1) is 0 Å². The van der Waals surface area contributed by atoms with E-state index in [9.17, 15) is 9.59 Å². The van der Waals surface area contributed by atoms with Crippen LogP contribution in [0.4, 0.5) is 17.2 Å². The van der Waals surface area contributed by atoms with Gasteiger partial charge >= 0.3 is 5.97 Å². The second-order valence-corrected chi connectivity index (χ2v) is 5.25.